The van der Waals surface area contributed by atoms with Gasteiger partial charge in [0.2, 0.25) is 0 Å². The molecule has 4 aromatic carbocycles. The third kappa shape index (κ3) is 7.85. The quantitative estimate of drug-likeness (QED) is 0.245. The van der Waals surface area contributed by atoms with Crippen molar-refractivity contribution in [3.8, 4) is 28.0 Å². The standard InChI is InChI=1S/C18H22.C17H20O/c1-4-5-15-6-8-17(9-7-15)18-12-10-16(11-13-18)14(2)3;1-4-18-17-11-9-16(10-12-17)15-7-5-14(6-8-15)13(2)3/h6-14H,4-5H2,1-3H3;5-13H,4H2,1-3H3. The Morgan fingerprint density at radius 2 is 0.861 bits per heavy atom. The van der Waals surface area contributed by atoms with Crippen LogP contribution in [0.15, 0.2) is 97.1 Å². The van der Waals surface area contributed by atoms with Crippen LogP contribution in [0.3, 0.4) is 0 Å². The van der Waals surface area contributed by atoms with Crippen molar-refractivity contribution in [1.82, 2.24) is 0 Å². The van der Waals surface area contributed by atoms with Crippen molar-refractivity contribution < 1.29 is 4.74 Å². The lowest BCUT2D eigenvalue weighted by Crippen LogP contribution is -1.90. The molecule has 0 unspecified atom stereocenters. The maximum atomic E-state index is 5.45. The fraction of sp³-hybridized carbons (Fsp3) is 0.314. The summed E-state index contributed by atoms with van der Waals surface area (Å²) in [7, 11) is 0. The van der Waals surface area contributed by atoms with Crippen molar-refractivity contribution in [2.75, 3.05) is 6.61 Å². The second-order valence-corrected chi connectivity index (χ2v) is 9.96. The number of benzene rings is 4. The van der Waals surface area contributed by atoms with Gasteiger partial charge in [0.25, 0.3) is 0 Å². The predicted octanol–water partition coefficient (Wildman–Crippen LogP) is 10.3. The number of rotatable bonds is 8. The van der Waals surface area contributed by atoms with Gasteiger partial charge in [-0.2, -0.15) is 0 Å². The Morgan fingerprint density at radius 1 is 0.500 bits per heavy atom. The topological polar surface area (TPSA) is 9.23 Å². The van der Waals surface area contributed by atoms with Crippen molar-refractivity contribution in [3.63, 3.8) is 0 Å². The molecule has 0 atom stereocenters. The van der Waals surface area contributed by atoms with E-state index in [1.54, 1.807) is 0 Å². The molecule has 4 aromatic rings. The molecule has 0 saturated carbocycles. The summed E-state index contributed by atoms with van der Waals surface area (Å²) in [5.41, 5.74) is 9.31. The van der Waals surface area contributed by atoms with Gasteiger partial charge in [0.1, 0.15) is 5.75 Å². The highest BCUT2D eigenvalue weighted by Crippen LogP contribution is 2.25. The smallest absolute Gasteiger partial charge is 0.119 e. The number of aryl methyl sites for hydroxylation is 1. The lowest BCUT2D eigenvalue weighted by atomic mass is 9.98. The molecule has 0 bridgehead atoms. The van der Waals surface area contributed by atoms with E-state index < -0.39 is 0 Å². The van der Waals surface area contributed by atoms with Gasteiger partial charge in [-0.1, -0.05) is 126 Å². The van der Waals surface area contributed by atoms with Crippen LogP contribution in [-0.4, -0.2) is 6.61 Å². The van der Waals surface area contributed by atoms with Crippen LogP contribution in [0.5, 0.6) is 5.75 Å². The van der Waals surface area contributed by atoms with Gasteiger partial charge < -0.3 is 4.74 Å². The predicted molar refractivity (Wildman–Crippen MR) is 157 cm³/mol. The third-order valence-corrected chi connectivity index (χ3v) is 6.48. The summed E-state index contributed by atoms with van der Waals surface area (Å²) >= 11 is 0. The fourth-order valence-corrected chi connectivity index (χ4v) is 4.18. The largest absolute Gasteiger partial charge is 0.494 e. The summed E-state index contributed by atoms with van der Waals surface area (Å²) in [6, 6.07) is 34.9. The summed E-state index contributed by atoms with van der Waals surface area (Å²) in [4.78, 5) is 0. The second kappa shape index (κ2) is 13.7. The first-order valence-corrected chi connectivity index (χ1v) is 13.4. The molecule has 0 spiro atoms. The summed E-state index contributed by atoms with van der Waals surface area (Å²) in [5.74, 6) is 2.12. The zero-order valence-corrected chi connectivity index (χ0v) is 22.9. The van der Waals surface area contributed by atoms with E-state index >= 15 is 0 Å². The van der Waals surface area contributed by atoms with Gasteiger partial charge in [0, 0.05) is 0 Å². The van der Waals surface area contributed by atoms with Crippen LogP contribution in [0, 0.1) is 0 Å². The highest BCUT2D eigenvalue weighted by molar-refractivity contribution is 5.65. The van der Waals surface area contributed by atoms with E-state index in [0.29, 0.717) is 18.4 Å². The molecule has 0 aromatic heterocycles. The second-order valence-electron chi connectivity index (χ2n) is 9.96. The molecule has 0 fully saturated rings. The van der Waals surface area contributed by atoms with Crippen LogP contribution in [0.25, 0.3) is 22.3 Å². The minimum absolute atomic E-state index is 0.583. The molecule has 36 heavy (non-hydrogen) atoms. The van der Waals surface area contributed by atoms with E-state index in [0.717, 1.165) is 5.75 Å². The molecule has 0 N–H and O–H groups in total. The molecule has 0 amide bonds. The Bertz CT molecular complexity index is 1050. The Kier molecular flexibility index (Phi) is 10.4. The molecule has 0 saturated heterocycles. The fourth-order valence-electron chi connectivity index (χ4n) is 4.18. The van der Waals surface area contributed by atoms with Crippen molar-refractivity contribution in [1.29, 1.82) is 0 Å². The van der Waals surface area contributed by atoms with Crippen LogP contribution >= 0.6 is 0 Å². The Balaban J connectivity index is 0.000000201. The molecule has 0 radical (unpaired) electrons. The number of ether oxygens (including phenoxy) is 1. The molecule has 4 rings (SSSR count). The van der Waals surface area contributed by atoms with Crippen molar-refractivity contribution >= 4 is 0 Å². The van der Waals surface area contributed by atoms with Crippen LogP contribution in [0.4, 0.5) is 0 Å². The monoisotopic (exact) mass is 478 g/mol. The van der Waals surface area contributed by atoms with Gasteiger partial charge in [0.05, 0.1) is 6.61 Å². The first-order chi connectivity index (χ1) is 17.4. The van der Waals surface area contributed by atoms with E-state index in [1.165, 1.54) is 51.8 Å². The summed E-state index contributed by atoms with van der Waals surface area (Å²) < 4.78 is 5.45. The summed E-state index contributed by atoms with van der Waals surface area (Å²) in [6.07, 6.45) is 2.38. The molecule has 0 aliphatic rings. The Morgan fingerprint density at radius 3 is 1.19 bits per heavy atom. The van der Waals surface area contributed by atoms with Crippen LogP contribution in [0.2, 0.25) is 0 Å². The van der Waals surface area contributed by atoms with E-state index in [2.05, 4.69) is 120 Å². The normalized spacial score (nSPS) is 10.8. The lowest BCUT2D eigenvalue weighted by Gasteiger charge is -2.08. The first-order valence-electron chi connectivity index (χ1n) is 13.4. The van der Waals surface area contributed by atoms with Gasteiger partial charge in [-0.15, -0.1) is 0 Å². The van der Waals surface area contributed by atoms with Crippen LogP contribution in [-0.2, 0) is 6.42 Å². The third-order valence-electron chi connectivity index (χ3n) is 6.48. The van der Waals surface area contributed by atoms with Crippen molar-refractivity contribution in [2.45, 2.75) is 66.2 Å². The molecule has 0 aliphatic heterocycles. The molecule has 0 heterocycles. The molecule has 0 aliphatic carbocycles. The number of hydrogen-bond acceptors (Lipinski definition) is 1. The van der Waals surface area contributed by atoms with Gasteiger partial charge in [0.15, 0.2) is 0 Å². The average molecular weight is 479 g/mol. The van der Waals surface area contributed by atoms with E-state index in [4.69, 9.17) is 4.74 Å². The van der Waals surface area contributed by atoms with E-state index in [9.17, 15) is 0 Å². The van der Waals surface area contributed by atoms with Crippen LogP contribution < -0.4 is 4.74 Å². The summed E-state index contributed by atoms with van der Waals surface area (Å²) in [5, 5.41) is 0. The van der Waals surface area contributed by atoms with E-state index in [1.807, 2.05) is 19.1 Å². The molecule has 1 heteroatoms. The highest BCUT2D eigenvalue weighted by atomic mass is 16.5. The number of hydrogen-bond donors (Lipinski definition) is 0. The first kappa shape index (κ1) is 27.3. The van der Waals surface area contributed by atoms with Crippen molar-refractivity contribution in [3.05, 3.63) is 114 Å². The maximum Gasteiger partial charge on any atom is 0.119 e. The maximum absolute atomic E-state index is 5.45. The molecular weight excluding hydrogens is 436 g/mol. The van der Waals surface area contributed by atoms with E-state index in [-0.39, 0.29) is 0 Å². The lowest BCUT2D eigenvalue weighted by molar-refractivity contribution is 0.340. The average Bonchev–Trinajstić information content (AvgIpc) is 2.90. The van der Waals surface area contributed by atoms with Crippen molar-refractivity contribution in [2.24, 2.45) is 0 Å². The van der Waals surface area contributed by atoms with Gasteiger partial charge in [-0.3, -0.25) is 0 Å². The van der Waals surface area contributed by atoms with Gasteiger partial charge in [-0.25, -0.2) is 0 Å². The SMILES string of the molecule is CCCc1ccc(-c2ccc(C(C)C)cc2)cc1.CCOc1ccc(-c2ccc(C(C)C)cc2)cc1. The Hall–Kier alpha value is -3.32. The van der Waals surface area contributed by atoms with Crippen LogP contribution in [0.1, 0.15) is 76.5 Å². The minimum atomic E-state index is 0.583. The van der Waals surface area contributed by atoms with Gasteiger partial charge >= 0.3 is 0 Å². The highest BCUT2D eigenvalue weighted by Gasteiger charge is 2.02. The van der Waals surface area contributed by atoms with Gasteiger partial charge in [-0.05, 0) is 76.3 Å². The molecule has 1 nitrogen and oxygen atoms in total. The zero-order valence-electron chi connectivity index (χ0n) is 22.9. The Labute approximate surface area is 219 Å². The summed E-state index contributed by atoms with van der Waals surface area (Å²) in [6.45, 7) is 13.8. The zero-order chi connectivity index (χ0) is 25.9. The molecular formula is C35H42O. The molecule has 188 valence electrons. The minimum Gasteiger partial charge on any atom is -0.494 e.